The lowest BCUT2D eigenvalue weighted by Crippen LogP contribution is -2.37. The first-order valence-electron chi connectivity index (χ1n) is 7.85. The van der Waals surface area contributed by atoms with Crippen LogP contribution in [0.4, 0.5) is 0 Å². The molecule has 0 saturated heterocycles. The van der Waals surface area contributed by atoms with Gasteiger partial charge in [0.15, 0.2) is 0 Å². The molecule has 0 radical (unpaired) electrons. The van der Waals surface area contributed by atoms with Crippen LogP contribution in [0, 0.1) is 13.8 Å². The number of rotatable bonds is 2. The summed E-state index contributed by atoms with van der Waals surface area (Å²) in [6.45, 7) is 5.22. The van der Waals surface area contributed by atoms with Gasteiger partial charge < -0.3 is 10.3 Å². The molecule has 108 valence electrons. The lowest BCUT2D eigenvalue weighted by Gasteiger charge is -2.36. The fourth-order valence-corrected chi connectivity index (χ4v) is 4.13. The topological polar surface area (TPSA) is 30.9 Å². The standard InChI is InChI=1S/C18H26N2/c1-13-7-8-14(2)17-16(13)15(11-20(17)3)18(12-19)9-5-4-6-10-18/h7-8,11H,4-6,9-10,12,19H2,1-3H3. The van der Waals surface area contributed by atoms with Crippen molar-refractivity contribution in [3.05, 3.63) is 35.0 Å². The second kappa shape index (κ2) is 4.92. The summed E-state index contributed by atoms with van der Waals surface area (Å²) in [5.41, 5.74) is 12.1. The summed E-state index contributed by atoms with van der Waals surface area (Å²) in [4.78, 5) is 0. The molecule has 2 heteroatoms. The molecule has 0 atom stereocenters. The minimum absolute atomic E-state index is 0.205. The largest absolute Gasteiger partial charge is 0.350 e. The van der Waals surface area contributed by atoms with Crippen molar-refractivity contribution in [3.63, 3.8) is 0 Å². The molecule has 1 aromatic carbocycles. The zero-order valence-electron chi connectivity index (χ0n) is 13.0. The molecule has 2 nitrogen and oxygen atoms in total. The van der Waals surface area contributed by atoms with E-state index in [9.17, 15) is 0 Å². The van der Waals surface area contributed by atoms with Gasteiger partial charge in [-0.1, -0.05) is 31.4 Å². The third kappa shape index (κ3) is 1.89. The summed E-state index contributed by atoms with van der Waals surface area (Å²) in [6, 6.07) is 4.49. The molecule has 1 aliphatic carbocycles. The predicted molar refractivity (Wildman–Crippen MR) is 86.2 cm³/mol. The van der Waals surface area contributed by atoms with Crippen molar-refractivity contribution in [2.45, 2.75) is 51.4 Å². The van der Waals surface area contributed by atoms with Crippen LogP contribution in [-0.4, -0.2) is 11.1 Å². The molecular weight excluding hydrogens is 244 g/mol. The van der Waals surface area contributed by atoms with E-state index < -0.39 is 0 Å². The zero-order chi connectivity index (χ0) is 14.3. The van der Waals surface area contributed by atoms with Gasteiger partial charge in [0.25, 0.3) is 0 Å². The zero-order valence-corrected chi connectivity index (χ0v) is 13.0. The lowest BCUT2D eigenvalue weighted by atomic mass is 9.69. The van der Waals surface area contributed by atoms with Gasteiger partial charge in [-0.25, -0.2) is 0 Å². The predicted octanol–water partition coefficient (Wildman–Crippen LogP) is 3.96. The normalized spacial score (nSPS) is 18.6. The Balaban J connectivity index is 2.28. The number of nitrogens with zero attached hydrogens (tertiary/aromatic N) is 1. The summed E-state index contributed by atoms with van der Waals surface area (Å²) < 4.78 is 2.30. The Morgan fingerprint density at radius 3 is 2.40 bits per heavy atom. The molecule has 20 heavy (non-hydrogen) atoms. The Morgan fingerprint density at radius 2 is 1.75 bits per heavy atom. The summed E-state index contributed by atoms with van der Waals surface area (Å²) in [5.74, 6) is 0. The van der Waals surface area contributed by atoms with Gasteiger partial charge in [-0.3, -0.25) is 0 Å². The van der Waals surface area contributed by atoms with Crippen LogP contribution < -0.4 is 5.73 Å². The highest BCUT2D eigenvalue weighted by Crippen LogP contribution is 2.43. The third-order valence-electron chi connectivity index (χ3n) is 5.31. The van der Waals surface area contributed by atoms with E-state index in [4.69, 9.17) is 5.73 Å². The van der Waals surface area contributed by atoms with E-state index in [1.54, 1.807) is 0 Å². The van der Waals surface area contributed by atoms with Crippen LogP contribution in [-0.2, 0) is 12.5 Å². The van der Waals surface area contributed by atoms with Gasteiger partial charge in [-0.2, -0.15) is 0 Å². The molecule has 0 bridgehead atoms. The number of fused-ring (bicyclic) bond motifs is 1. The fraction of sp³-hybridized carbons (Fsp3) is 0.556. The van der Waals surface area contributed by atoms with Crippen LogP contribution in [0.1, 0.15) is 48.8 Å². The molecular formula is C18H26N2. The van der Waals surface area contributed by atoms with Crippen molar-refractivity contribution in [1.29, 1.82) is 0 Å². The van der Waals surface area contributed by atoms with Crippen LogP contribution in [0.25, 0.3) is 10.9 Å². The first-order chi connectivity index (χ1) is 9.59. The first-order valence-corrected chi connectivity index (χ1v) is 7.85. The second-order valence-corrected chi connectivity index (χ2v) is 6.62. The smallest absolute Gasteiger partial charge is 0.0513 e. The maximum absolute atomic E-state index is 6.25. The lowest BCUT2D eigenvalue weighted by molar-refractivity contribution is 0.302. The summed E-state index contributed by atoms with van der Waals surface area (Å²) in [5, 5.41) is 1.46. The van der Waals surface area contributed by atoms with Gasteiger partial charge in [0.1, 0.15) is 0 Å². The molecule has 2 aromatic rings. The number of aryl methyl sites for hydroxylation is 3. The number of hydrogen-bond acceptors (Lipinski definition) is 1. The Labute approximate surface area is 122 Å². The molecule has 0 amide bonds. The molecule has 0 unspecified atom stereocenters. The molecule has 1 fully saturated rings. The average molecular weight is 270 g/mol. The Hall–Kier alpha value is -1.28. The van der Waals surface area contributed by atoms with E-state index in [1.165, 1.54) is 59.7 Å². The van der Waals surface area contributed by atoms with Crippen LogP contribution in [0.5, 0.6) is 0 Å². The number of aromatic nitrogens is 1. The molecule has 0 aliphatic heterocycles. The SMILES string of the molecule is Cc1ccc(C)c2c1c(C1(CN)CCCCC1)cn2C. The van der Waals surface area contributed by atoms with Crippen molar-refractivity contribution >= 4 is 10.9 Å². The van der Waals surface area contributed by atoms with Crippen molar-refractivity contribution in [3.8, 4) is 0 Å². The molecule has 1 aromatic heterocycles. The van der Waals surface area contributed by atoms with Gasteiger partial charge in [-0.05, 0) is 43.4 Å². The van der Waals surface area contributed by atoms with E-state index in [-0.39, 0.29) is 5.41 Å². The molecule has 1 saturated carbocycles. The third-order valence-corrected chi connectivity index (χ3v) is 5.31. The van der Waals surface area contributed by atoms with Crippen molar-refractivity contribution in [2.75, 3.05) is 6.54 Å². The van der Waals surface area contributed by atoms with Gasteiger partial charge in [0, 0.05) is 30.6 Å². The highest BCUT2D eigenvalue weighted by Gasteiger charge is 2.35. The van der Waals surface area contributed by atoms with Crippen LogP contribution in [0.15, 0.2) is 18.3 Å². The maximum Gasteiger partial charge on any atom is 0.0513 e. The Bertz CT molecular complexity index is 630. The number of hydrogen-bond donors (Lipinski definition) is 1. The van der Waals surface area contributed by atoms with E-state index >= 15 is 0 Å². The van der Waals surface area contributed by atoms with Crippen LogP contribution in [0.3, 0.4) is 0 Å². The quantitative estimate of drug-likeness (QED) is 0.880. The van der Waals surface area contributed by atoms with Crippen molar-refractivity contribution < 1.29 is 0 Å². The number of benzene rings is 1. The van der Waals surface area contributed by atoms with Crippen molar-refractivity contribution in [2.24, 2.45) is 12.8 Å². The highest BCUT2D eigenvalue weighted by atomic mass is 14.9. The number of nitrogens with two attached hydrogens (primary N) is 1. The minimum Gasteiger partial charge on any atom is -0.350 e. The molecule has 0 spiro atoms. The van der Waals surface area contributed by atoms with Crippen LogP contribution in [0.2, 0.25) is 0 Å². The molecule has 1 aliphatic rings. The molecule has 1 heterocycles. The Kier molecular flexibility index (Phi) is 3.37. The molecule has 2 N–H and O–H groups in total. The Morgan fingerprint density at radius 1 is 1.10 bits per heavy atom. The fourth-order valence-electron chi connectivity index (χ4n) is 4.13. The van der Waals surface area contributed by atoms with E-state index in [2.05, 4.69) is 43.8 Å². The van der Waals surface area contributed by atoms with Crippen LogP contribution >= 0.6 is 0 Å². The highest BCUT2D eigenvalue weighted by molar-refractivity contribution is 5.90. The second-order valence-electron chi connectivity index (χ2n) is 6.62. The summed E-state index contributed by atoms with van der Waals surface area (Å²) in [6.07, 6.45) is 8.84. The van der Waals surface area contributed by atoms with Gasteiger partial charge in [0.05, 0.1) is 5.52 Å². The van der Waals surface area contributed by atoms with Crippen molar-refractivity contribution in [1.82, 2.24) is 4.57 Å². The minimum atomic E-state index is 0.205. The average Bonchev–Trinajstić information content (AvgIpc) is 2.83. The summed E-state index contributed by atoms with van der Waals surface area (Å²) >= 11 is 0. The van der Waals surface area contributed by atoms with E-state index in [0.29, 0.717) is 0 Å². The van der Waals surface area contributed by atoms with E-state index in [1.807, 2.05) is 0 Å². The first kappa shape index (κ1) is 13.7. The van der Waals surface area contributed by atoms with E-state index in [0.717, 1.165) is 6.54 Å². The van der Waals surface area contributed by atoms with Gasteiger partial charge in [0.2, 0.25) is 0 Å². The maximum atomic E-state index is 6.25. The molecule has 3 rings (SSSR count). The monoisotopic (exact) mass is 270 g/mol. The van der Waals surface area contributed by atoms with Gasteiger partial charge in [-0.15, -0.1) is 0 Å². The van der Waals surface area contributed by atoms with Gasteiger partial charge >= 0.3 is 0 Å². The summed E-state index contributed by atoms with van der Waals surface area (Å²) in [7, 11) is 2.17.